The van der Waals surface area contributed by atoms with Crippen molar-refractivity contribution >= 4 is 22.6 Å². The zero-order chi connectivity index (χ0) is 12.1. The largest absolute Gasteiger partial charge is 0.359 e. The molecule has 3 N–H and O–H groups in total. The van der Waals surface area contributed by atoms with Crippen LogP contribution in [0.15, 0.2) is 30.5 Å². The lowest BCUT2D eigenvalue weighted by molar-refractivity contribution is 0.252. The van der Waals surface area contributed by atoms with Crippen LogP contribution < -0.4 is 10.6 Å². The molecule has 0 saturated carbocycles. The standard InChI is InChI=1S/C13H17N3O/c1-2-3-8-14-13(17)16-12-9-15-11-7-5-4-6-10(11)12/h4-7,9,15H,2-3,8H2,1H3,(H2,14,16,17). The molecule has 2 rings (SSSR count). The Labute approximate surface area is 100 Å². The molecule has 1 aromatic heterocycles. The highest BCUT2D eigenvalue weighted by Crippen LogP contribution is 2.22. The fraction of sp³-hybridized carbons (Fsp3) is 0.308. The van der Waals surface area contributed by atoms with Crippen molar-refractivity contribution in [3.05, 3.63) is 30.5 Å². The summed E-state index contributed by atoms with van der Waals surface area (Å²) in [5.41, 5.74) is 1.84. The van der Waals surface area contributed by atoms with Crippen molar-refractivity contribution in [3.8, 4) is 0 Å². The van der Waals surface area contributed by atoms with Gasteiger partial charge >= 0.3 is 6.03 Å². The Morgan fingerprint density at radius 2 is 2.18 bits per heavy atom. The number of aromatic nitrogens is 1. The van der Waals surface area contributed by atoms with Gasteiger partial charge in [0, 0.05) is 23.6 Å². The van der Waals surface area contributed by atoms with E-state index in [9.17, 15) is 4.79 Å². The van der Waals surface area contributed by atoms with Crippen LogP contribution in [0.2, 0.25) is 0 Å². The second kappa shape index (κ2) is 5.39. The molecule has 2 amide bonds. The predicted molar refractivity (Wildman–Crippen MR) is 70.2 cm³/mol. The van der Waals surface area contributed by atoms with E-state index in [4.69, 9.17) is 0 Å². The number of carbonyl (C=O) groups excluding carboxylic acids is 1. The normalized spacial score (nSPS) is 10.4. The molecule has 4 nitrogen and oxygen atoms in total. The third kappa shape index (κ3) is 2.78. The van der Waals surface area contributed by atoms with Gasteiger partial charge in [-0.1, -0.05) is 31.5 Å². The molecule has 0 aliphatic heterocycles. The molecular formula is C13H17N3O. The maximum absolute atomic E-state index is 11.6. The van der Waals surface area contributed by atoms with Crippen molar-refractivity contribution < 1.29 is 4.79 Å². The molecule has 0 spiro atoms. The van der Waals surface area contributed by atoms with Crippen LogP contribution >= 0.6 is 0 Å². The summed E-state index contributed by atoms with van der Waals surface area (Å²) in [4.78, 5) is 14.7. The fourth-order valence-electron chi connectivity index (χ4n) is 1.72. The molecule has 0 aliphatic rings. The average molecular weight is 231 g/mol. The van der Waals surface area contributed by atoms with Gasteiger partial charge in [0.1, 0.15) is 0 Å². The third-order valence-corrected chi connectivity index (χ3v) is 2.65. The van der Waals surface area contributed by atoms with E-state index >= 15 is 0 Å². The highest BCUT2D eigenvalue weighted by Gasteiger charge is 2.05. The van der Waals surface area contributed by atoms with E-state index in [0.29, 0.717) is 6.54 Å². The first-order valence-corrected chi connectivity index (χ1v) is 5.92. The Hall–Kier alpha value is -1.97. The number of carbonyl (C=O) groups is 1. The highest BCUT2D eigenvalue weighted by molar-refractivity contribution is 6.00. The molecule has 1 aromatic carbocycles. The lowest BCUT2D eigenvalue weighted by atomic mass is 10.2. The molecule has 2 aromatic rings. The Kier molecular flexibility index (Phi) is 3.65. The van der Waals surface area contributed by atoms with E-state index in [0.717, 1.165) is 29.4 Å². The maximum Gasteiger partial charge on any atom is 0.319 e. The number of anilines is 1. The summed E-state index contributed by atoms with van der Waals surface area (Å²) in [6, 6.07) is 7.73. The topological polar surface area (TPSA) is 56.9 Å². The Morgan fingerprint density at radius 3 is 3.00 bits per heavy atom. The number of unbranched alkanes of at least 4 members (excludes halogenated alkanes) is 1. The van der Waals surface area contributed by atoms with Crippen LogP contribution in [0.3, 0.4) is 0 Å². The van der Waals surface area contributed by atoms with Crippen LogP contribution in [0.4, 0.5) is 10.5 Å². The zero-order valence-corrected chi connectivity index (χ0v) is 9.92. The van der Waals surface area contributed by atoms with E-state index in [1.807, 2.05) is 30.5 Å². The number of nitrogens with one attached hydrogen (secondary N) is 3. The molecule has 17 heavy (non-hydrogen) atoms. The third-order valence-electron chi connectivity index (χ3n) is 2.65. The first-order valence-electron chi connectivity index (χ1n) is 5.92. The molecule has 0 atom stereocenters. The smallest absolute Gasteiger partial charge is 0.319 e. The fourth-order valence-corrected chi connectivity index (χ4v) is 1.72. The molecule has 0 unspecified atom stereocenters. The van der Waals surface area contributed by atoms with E-state index in [2.05, 4.69) is 22.5 Å². The zero-order valence-electron chi connectivity index (χ0n) is 9.92. The summed E-state index contributed by atoms with van der Waals surface area (Å²) in [5, 5.41) is 6.69. The number of hydrogen-bond donors (Lipinski definition) is 3. The van der Waals surface area contributed by atoms with Gasteiger partial charge in [-0.3, -0.25) is 0 Å². The van der Waals surface area contributed by atoms with Crippen molar-refractivity contribution in [1.29, 1.82) is 0 Å². The summed E-state index contributed by atoms with van der Waals surface area (Å²) >= 11 is 0. The number of urea groups is 1. The van der Waals surface area contributed by atoms with Gasteiger partial charge < -0.3 is 15.6 Å². The molecular weight excluding hydrogens is 214 g/mol. The monoisotopic (exact) mass is 231 g/mol. The van der Waals surface area contributed by atoms with Crippen LogP contribution in [-0.2, 0) is 0 Å². The second-order valence-electron chi connectivity index (χ2n) is 3.98. The summed E-state index contributed by atoms with van der Waals surface area (Å²) in [7, 11) is 0. The average Bonchev–Trinajstić information content (AvgIpc) is 2.73. The minimum atomic E-state index is -0.150. The van der Waals surface area contributed by atoms with Gasteiger partial charge in [-0.25, -0.2) is 4.79 Å². The van der Waals surface area contributed by atoms with Crippen LogP contribution in [0.1, 0.15) is 19.8 Å². The van der Waals surface area contributed by atoms with Crippen molar-refractivity contribution in [3.63, 3.8) is 0 Å². The van der Waals surface area contributed by atoms with Crippen LogP contribution in [0, 0.1) is 0 Å². The first-order chi connectivity index (χ1) is 8.31. The van der Waals surface area contributed by atoms with E-state index in [1.54, 1.807) is 0 Å². The van der Waals surface area contributed by atoms with Gasteiger partial charge in [0.2, 0.25) is 0 Å². The van der Waals surface area contributed by atoms with Gasteiger partial charge in [0.25, 0.3) is 0 Å². The molecule has 0 radical (unpaired) electrons. The number of fused-ring (bicyclic) bond motifs is 1. The molecule has 0 saturated heterocycles. The number of rotatable bonds is 4. The molecule has 1 heterocycles. The van der Waals surface area contributed by atoms with Crippen molar-refractivity contribution in [2.45, 2.75) is 19.8 Å². The number of hydrogen-bond acceptors (Lipinski definition) is 1. The van der Waals surface area contributed by atoms with Gasteiger partial charge in [-0.2, -0.15) is 0 Å². The second-order valence-corrected chi connectivity index (χ2v) is 3.98. The summed E-state index contributed by atoms with van der Waals surface area (Å²) in [6.07, 6.45) is 3.89. The lowest BCUT2D eigenvalue weighted by Crippen LogP contribution is -2.29. The van der Waals surface area contributed by atoms with Gasteiger partial charge in [-0.05, 0) is 12.5 Å². The Balaban J connectivity index is 2.01. The minimum Gasteiger partial charge on any atom is -0.359 e. The number of aromatic amines is 1. The molecule has 90 valence electrons. The van der Waals surface area contributed by atoms with Crippen molar-refractivity contribution in [2.75, 3.05) is 11.9 Å². The summed E-state index contributed by atoms with van der Waals surface area (Å²) < 4.78 is 0. The minimum absolute atomic E-state index is 0.150. The van der Waals surface area contributed by atoms with E-state index in [-0.39, 0.29) is 6.03 Å². The van der Waals surface area contributed by atoms with Gasteiger partial charge in [0.15, 0.2) is 0 Å². The van der Waals surface area contributed by atoms with Crippen LogP contribution in [0.5, 0.6) is 0 Å². The highest BCUT2D eigenvalue weighted by atomic mass is 16.2. The Bertz CT molecular complexity index is 504. The van der Waals surface area contributed by atoms with E-state index in [1.165, 1.54) is 0 Å². The number of para-hydroxylation sites is 1. The summed E-state index contributed by atoms with van der Waals surface area (Å²) in [6.45, 7) is 2.81. The summed E-state index contributed by atoms with van der Waals surface area (Å²) in [5.74, 6) is 0. The van der Waals surface area contributed by atoms with Crippen LogP contribution in [0.25, 0.3) is 10.9 Å². The molecule has 4 heteroatoms. The quantitative estimate of drug-likeness (QED) is 0.696. The SMILES string of the molecule is CCCCNC(=O)Nc1c[nH]c2ccccc12. The first kappa shape index (κ1) is 11.5. The molecule has 0 bridgehead atoms. The predicted octanol–water partition coefficient (Wildman–Crippen LogP) is 3.09. The van der Waals surface area contributed by atoms with Gasteiger partial charge in [0.05, 0.1) is 5.69 Å². The van der Waals surface area contributed by atoms with Gasteiger partial charge in [-0.15, -0.1) is 0 Å². The Morgan fingerprint density at radius 1 is 1.35 bits per heavy atom. The van der Waals surface area contributed by atoms with E-state index < -0.39 is 0 Å². The lowest BCUT2D eigenvalue weighted by Gasteiger charge is -2.05. The maximum atomic E-state index is 11.6. The van der Waals surface area contributed by atoms with Crippen molar-refractivity contribution in [2.24, 2.45) is 0 Å². The van der Waals surface area contributed by atoms with Crippen molar-refractivity contribution in [1.82, 2.24) is 10.3 Å². The molecule has 0 aliphatic carbocycles. The number of amides is 2. The molecule has 0 fully saturated rings. The number of H-pyrrole nitrogens is 1. The van der Waals surface area contributed by atoms with Crippen LogP contribution in [-0.4, -0.2) is 17.6 Å². The number of benzene rings is 1.